The van der Waals surface area contributed by atoms with Gasteiger partial charge in [0, 0.05) is 12.8 Å². The molecular formula is C94H173NO8. The predicted molar refractivity (Wildman–Crippen MR) is 445 cm³/mol. The van der Waals surface area contributed by atoms with Crippen molar-refractivity contribution in [3.05, 3.63) is 72.9 Å². The molecule has 0 spiro atoms. The number of esters is 2. The minimum atomic E-state index is -1.62. The van der Waals surface area contributed by atoms with E-state index in [-0.39, 0.29) is 32.2 Å². The number of carbonyl (C=O) groups is 3. The van der Waals surface area contributed by atoms with Gasteiger partial charge in [-0.15, -0.1) is 0 Å². The SMILES string of the molecule is CC/C=C\C/C=C\C/C=C\C/C=C\C/C=C\CCCCCCCCCCCCCCCCCCCCCCCC(=O)OC(COC(=O)CCCCCCCCCCCCCCCCCCCCCCCCCCCCCCC/C=C\CCCCCCCCCC)COC(OCC[N+](C)(C)C)C(=O)[O-]. The van der Waals surface area contributed by atoms with Gasteiger partial charge in [0.2, 0.25) is 0 Å². The second-order valence-corrected chi connectivity index (χ2v) is 31.9. The molecule has 0 amide bonds. The molecule has 0 aromatic rings. The lowest BCUT2D eigenvalue weighted by molar-refractivity contribution is -0.870. The smallest absolute Gasteiger partial charge is 0.306 e. The summed E-state index contributed by atoms with van der Waals surface area (Å²) >= 11 is 0. The van der Waals surface area contributed by atoms with Crippen molar-refractivity contribution in [3.8, 4) is 0 Å². The minimum Gasteiger partial charge on any atom is -0.545 e. The fraction of sp³-hybridized carbons (Fsp3) is 0.840. The van der Waals surface area contributed by atoms with Crippen molar-refractivity contribution >= 4 is 17.9 Å². The molecular weight excluding hydrogens is 1270 g/mol. The van der Waals surface area contributed by atoms with Crippen LogP contribution in [0.4, 0.5) is 0 Å². The van der Waals surface area contributed by atoms with Gasteiger partial charge in [-0.2, -0.15) is 0 Å². The van der Waals surface area contributed by atoms with Crippen LogP contribution >= 0.6 is 0 Å². The molecule has 0 radical (unpaired) electrons. The van der Waals surface area contributed by atoms with Crippen molar-refractivity contribution in [3.63, 3.8) is 0 Å². The molecule has 0 rings (SSSR count). The second kappa shape index (κ2) is 84.4. The summed E-state index contributed by atoms with van der Waals surface area (Å²) < 4.78 is 22.9. The summed E-state index contributed by atoms with van der Waals surface area (Å²) in [5.41, 5.74) is 0. The molecule has 2 unspecified atom stereocenters. The first-order valence-corrected chi connectivity index (χ1v) is 45.1. The van der Waals surface area contributed by atoms with Gasteiger partial charge in [-0.3, -0.25) is 9.59 Å². The van der Waals surface area contributed by atoms with Gasteiger partial charge in [-0.1, -0.05) is 427 Å². The number of unbranched alkanes of at least 4 members (excludes halogenated alkanes) is 58. The third-order valence-corrected chi connectivity index (χ3v) is 20.4. The Hall–Kier alpha value is -3.27. The number of hydrogen-bond donors (Lipinski definition) is 0. The van der Waals surface area contributed by atoms with E-state index in [0.29, 0.717) is 23.9 Å². The number of carboxylic acid groups (broad SMARTS) is 1. The molecule has 0 aliphatic carbocycles. The molecule has 0 bridgehead atoms. The Morgan fingerprint density at radius 1 is 0.301 bits per heavy atom. The number of carboxylic acids is 1. The fourth-order valence-corrected chi connectivity index (χ4v) is 13.6. The maximum absolute atomic E-state index is 13.0. The number of likely N-dealkylation sites (N-methyl/N-ethyl adjacent to an activating group) is 1. The van der Waals surface area contributed by atoms with E-state index >= 15 is 0 Å². The maximum atomic E-state index is 13.0. The molecule has 0 heterocycles. The lowest BCUT2D eigenvalue weighted by Crippen LogP contribution is -2.44. The molecule has 602 valence electrons. The highest BCUT2D eigenvalue weighted by Gasteiger charge is 2.22. The molecule has 0 aromatic heterocycles. The Bertz CT molecular complexity index is 1930. The molecule has 2 atom stereocenters. The van der Waals surface area contributed by atoms with E-state index in [1.807, 2.05) is 21.1 Å². The lowest BCUT2D eigenvalue weighted by atomic mass is 10.0. The lowest BCUT2D eigenvalue weighted by Gasteiger charge is -2.26. The Morgan fingerprint density at radius 2 is 0.553 bits per heavy atom. The first-order chi connectivity index (χ1) is 50.6. The second-order valence-electron chi connectivity index (χ2n) is 31.9. The number of nitrogens with zero attached hydrogens (tertiary/aromatic N) is 1. The van der Waals surface area contributed by atoms with E-state index in [2.05, 4.69) is 86.8 Å². The van der Waals surface area contributed by atoms with Crippen LogP contribution in [-0.4, -0.2) is 82.3 Å². The minimum absolute atomic E-state index is 0.150. The van der Waals surface area contributed by atoms with Crippen molar-refractivity contribution in [2.45, 2.75) is 463 Å². The molecule has 0 saturated heterocycles. The molecule has 9 heteroatoms. The van der Waals surface area contributed by atoms with E-state index < -0.39 is 24.3 Å². The van der Waals surface area contributed by atoms with Crippen molar-refractivity contribution in [2.75, 3.05) is 47.5 Å². The first-order valence-electron chi connectivity index (χ1n) is 45.1. The average Bonchev–Trinajstić information content (AvgIpc) is 1.16. The van der Waals surface area contributed by atoms with Gasteiger partial charge >= 0.3 is 11.9 Å². The highest BCUT2D eigenvalue weighted by atomic mass is 16.7. The van der Waals surface area contributed by atoms with Gasteiger partial charge in [0.15, 0.2) is 12.4 Å². The zero-order valence-electron chi connectivity index (χ0n) is 69.2. The number of hydrogen-bond acceptors (Lipinski definition) is 8. The van der Waals surface area contributed by atoms with E-state index in [0.717, 1.165) is 64.2 Å². The van der Waals surface area contributed by atoms with Crippen LogP contribution in [0.5, 0.6) is 0 Å². The number of quaternary nitrogens is 1. The predicted octanol–water partition coefficient (Wildman–Crippen LogP) is 28.2. The van der Waals surface area contributed by atoms with Crippen molar-refractivity contribution in [1.29, 1.82) is 0 Å². The summed E-state index contributed by atoms with van der Waals surface area (Å²) in [6, 6.07) is 0. The fourth-order valence-electron chi connectivity index (χ4n) is 13.6. The monoisotopic (exact) mass is 1440 g/mol. The van der Waals surface area contributed by atoms with Crippen LogP contribution in [0.25, 0.3) is 0 Å². The normalized spacial score (nSPS) is 12.9. The summed E-state index contributed by atoms with van der Waals surface area (Å²) in [4.78, 5) is 37.7. The first kappa shape index (κ1) is 99.7. The molecule has 103 heavy (non-hydrogen) atoms. The summed E-state index contributed by atoms with van der Waals surface area (Å²) in [6.45, 7) is 4.71. The molecule has 0 N–H and O–H groups in total. The van der Waals surface area contributed by atoms with Crippen LogP contribution in [0.1, 0.15) is 450 Å². The van der Waals surface area contributed by atoms with E-state index in [1.165, 1.54) is 353 Å². The summed E-state index contributed by atoms with van der Waals surface area (Å²) in [5.74, 6) is -2.25. The third kappa shape index (κ3) is 85.9. The molecule has 9 nitrogen and oxygen atoms in total. The Morgan fingerprint density at radius 3 is 0.835 bits per heavy atom. The van der Waals surface area contributed by atoms with Crippen LogP contribution in [0.3, 0.4) is 0 Å². The standard InChI is InChI=1S/C94H173NO8/c1-6-8-10-12-14-16-18-20-22-24-26-28-30-32-34-36-38-40-42-44-45-46-47-49-50-52-54-56-58-60-62-64-66-68-70-72-74-76-78-80-82-84-91(96)101-88-90(89-102-94(93(98)99)100-87-86-95(3,4)5)103-92(97)85-83-81-79-77-75-73-71-69-67-65-63-61-59-57-55-53-51-48-43-41-39-37-35-33-31-29-27-25-23-21-19-17-15-13-11-9-7-2/h9,11,15,17,21,23-24,26-27,29,33,35,90,94H,6-8,10,12-14,16,18-20,22,25,28,30-32,34,36-89H2,1-5H3/b11-9-,17-15-,23-21-,26-24-,29-27-,35-33-. The van der Waals surface area contributed by atoms with Crippen LogP contribution in [0.15, 0.2) is 72.9 Å². The van der Waals surface area contributed by atoms with E-state index in [1.54, 1.807) is 0 Å². The Kier molecular flexibility index (Phi) is 81.7. The number of aliphatic carboxylic acids is 1. The highest BCUT2D eigenvalue weighted by molar-refractivity contribution is 5.70. The van der Waals surface area contributed by atoms with E-state index in [9.17, 15) is 19.5 Å². The summed E-state index contributed by atoms with van der Waals surface area (Å²) in [7, 11) is 5.96. The maximum Gasteiger partial charge on any atom is 0.306 e. The van der Waals surface area contributed by atoms with Crippen molar-refractivity contribution in [1.82, 2.24) is 0 Å². The van der Waals surface area contributed by atoms with Gasteiger partial charge in [0.05, 0.1) is 40.3 Å². The van der Waals surface area contributed by atoms with Gasteiger partial charge in [-0.05, 0) is 83.5 Å². The largest absolute Gasteiger partial charge is 0.545 e. The molecule has 0 aliphatic rings. The quantitative estimate of drug-likeness (QED) is 0.0195. The number of rotatable bonds is 85. The molecule has 0 saturated carbocycles. The molecule has 0 aromatic carbocycles. The number of carbonyl (C=O) groups excluding carboxylic acids is 3. The van der Waals surface area contributed by atoms with E-state index in [4.69, 9.17) is 18.9 Å². The van der Waals surface area contributed by atoms with Gasteiger partial charge in [-0.25, -0.2) is 0 Å². The molecule has 0 fully saturated rings. The summed E-state index contributed by atoms with van der Waals surface area (Å²) in [5, 5.41) is 11.9. The summed E-state index contributed by atoms with van der Waals surface area (Å²) in [6.07, 6.45) is 112. The van der Waals surface area contributed by atoms with Crippen molar-refractivity contribution in [2.24, 2.45) is 0 Å². The number of ether oxygens (including phenoxy) is 4. The van der Waals surface area contributed by atoms with Gasteiger partial charge < -0.3 is 33.3 Å². The topological polar surface area (TPSA) is 111 Å². The number of allylic oxidation sites excluding steroid dienone is 12. The van der Waals surface area contributed by atoms with Crippen LogP contribution in [-0.2, 0) is 33.3 Å². The Labute approximate surface area is 640 Å². The van der Waals surface area contributed by atoms with Crippen molar-refractivity contribution < 1.29 is 42.9 Å². The van der Waals surface area contributed by atoms with Gasteiger partial charge in [0.1, 0.15) is 13.2 Å². The third-order valence-electron chi connectivity index (χ3n) is 20.4. The average molecular weight is 1450 g/mol. The zero-order valence-corrected chi connectivity index (χ0v) is 69.2. The highest BCUT2D eigenvalue weighted by Crippen LogP contribution is 2.21. The Balaban J connectivity index is 3.90. The van der Waals surface area contributed by atoms with Crippen LogP contribution < -0.4 is 5.11 Å². The van der Waals surface area contributed by atoms with Crippen LogP contribution in [0, 0.1) is 0 Å². The van der Waals surface area contributed by atoms with Crippen LogP contribution in [0.2, 0.25) is 0 Å². The molecule has 0 aliphatic heterocycles. The zero-order chi connectivity index (χ0) is 74.6. The van der Waals surface area contributed by atoms with Gasteiger partial charge in [0.25, 0.3) is 0 Å².